The van der Waals surface area contributed by atoms with Gasteiger partial charge in [-0.15, -0.1) is 0 Å². The van der Waals surface area contributed by atoms with E-state index in [4.69, 9.17) is 16.3 Å². The molecule has 0 radical (unpaired) electrons. The maximum absolute atomic E-state index is 11.4. The molecule has 1 atom stereocenters. The van der Waals surface area contributed by atoms with Crippen molar-refractivity contribution in [2.24, 2.45) is 0 Å². The van der Waals surface area contributed by atoms with E-state index in [0.29, 0.717) is 23.4 Å². The topological polar surface area (TPSA) is 86.4 Å². The Morgan fingerprint density at radius 2 is 2.13 bits per heavy atom. The number of nitrogens with zero attached hydrogens (tertiary/aromatic N) is 4. The summed E-state index contributed by atoms with van der Waals surface area (Å²) in [6, 6.07) is 10.0. The van der Waals surface area contributed by atoms with Crippen LogP contribution in [0.2, 0.25) is 5.02 Å². The highest BCUT2D eigenvalue weighted by atomic mass is 35.5. The third kappa shape index (κ3) is 4.08. The second-order valence-corrected chi connectivity index (χ2v) is 8.38. The van der Waals surface area contributed by atoms with Crippen molar-refractivity contribution in [3.05, 3.63) is 58.9 Å². The molecule has 2 aliphatic rings. The monoisotopic (exact) mass is 438 g/mol. The van der Waals surface area contributed by atoms with Gasteiger partial charge in [-0.3, -0.25) is 10.00 Å². The molecule has 2 N–H and O–H groups in total. The first kappa shape index (κ1) is 19.8. The zero-order valence-corrected chi connectivity index (χ0v) is 17.9. The summed E-state index contributed by atoms with van der Waals surface area (Å²) in [6.07, 6.45) is 3.18. The van der Waals surface area contributed by atoms with Crippen LogP contribution in [0.5, 0.6) is 5.75 Å². The van der Waals surface area contributed by atoms with Gasteiger partial charge in [-0.1, -0.05) is 11.6 Å². The van der Waals surface area contributed by atoms with Crippen molar-refractivity contribution in [3.8, 4) is 17.0 Å². The van der Waals surface area contributed by atoms with E-state index in [-0.39, 0.29) is 0 Å². The van der Waals surface area contributed by atoms with Gasteiger partial charge >= 0.3 is 6.09 Å². The Hall–Kier alpha value is -3.10. The van der Waals surface area contributed by atoms with Gasteiger partial charge in [0.25, 0.3) is 0 Å². The minimum atomic E-state index is -0.412. The van der Waals surface area contributed by atoms with E-state index >= 15 is 0 Å². The van der Waals surface area contributed by atoms with Crippen molar-refractivity contribution >= 4 is 23.5 Å². The lowest BCUT2D eigenvalue weighted by Gasteiger charge is -2.40. The van der Waals surface area contributed by atoms with Crippen LogP contribution in [-0.2, 0) is 13.1 Å². The normalized spacial score (nSPS) is 19.0. The minimum absolute atomic E-state index is 0.335. The van der Waals surface area contributed by atoms with Gasteiger partial charge < -0.3 is 15.0 Å². The molecule has 31 heavy (non-hydrogen) atoms. The predicted octanol–water partition coefficient (Wildman–Crippen LogP) is 3.44. The third-order valence-electron chi connectivity index (χ3n) is 5.80. The van der Waals surface area contributed by atoms with E-state index in [1.165, 1.54) is 0 Å². The van der Waals surface area contributed by atoms with Gasteiger partial charge in [0.15, 0.2) is 0 Å². The Bertz CT molecular complexity index is 1100. The maximum Gasteiger partial charge on any atom is 0.412 e. The number of rotatable bonds is 4. The van der Waals surface area contributed by atoms with Gasteiger partial charge in [0.1, 0.15) is 11.6 Å². The number of piperazine rings is 1. The third-order valence-corrected chi connectivity index (χ3v) is 6.03. The maximum atomic E-state index is 11.4. The van der Waals surface area contributed by atoms with Crippen molar-refractivity contribution in [2.45, 2.75) is 26.1 Å². The number of nitrogens with one attached hydrogen (secondary N) is 2. The molecule has 0 aliphatic carbocycles. The molecule has 1 unspecified atom stereocenters. The molecule has 160 valence electrons. The van der Waals surface area contributed by atoms with Gasteiger partial charge in [-0.2, -0.15) is 5.10 Å². The van der Waals surface area contributed by atoms with Crippen LogP contribution in [0.25, 0.3) is 11.3 Å². The SMILES string of the molecule is CC1CN(Cc2cn[nH]c2-c2ccc3c(c2)CNC(=O)O3)CCN1c1ccc(Cl)cn1. The predicted molar refractivity (Wildman–Crippen MR) is 118 cm³/mol. The molecular weight excluding hydrogens is 416 g/mol. The number of aromatic nitrogens is 3. The number of benzene rings is 1. The summed E-state index contributed by atoms with van der Waals surface area (Å²) in [6.45, 7) is 6.25. The molecule has 1 fully saturated rings. The fraction of sp³-hybridized carbons (Fsp3) is 0.318. The molecule has 1 aromatic carbocycles. The number of hydrogen-bond acceptors (Lipinski definition) is 6. The number of carbonyl (C=O) groups excluding carboxylic acids is 1. The number of fused-ring (bicyclic) bond motifs is 1. The molecule has 2 aromatic heterocycles. The largest absolute Gasteiger partial charge is 0.412 e. The first-order valence-electron chi connectivity index (χ1n) is 10.3. The lowest BCUT2D eigenvalue weighted by molar-refractivity contribution is 0.194. The Balaban J connectivity index is 1.29. The lowest BCUT2D eigenvalue weighted by Crippen LogP contribution is -2.51. The Morgan fingerprint density at radius 1 is 1.23 bits per heavy atom. The number of amides is 1. The van der Waals surface area contributed by atoms with Crippen LogP contribution in [0.1, 0.15) is 18.1 Å². The molecule has 4 heterocycles. The number of aromatic amines is 1. The summed E-state index contributed by atoms with van der Waals surface area (Å²) < 4.78 is 5.22. The first-order chi connectivity index (χ1) is 15.1. The summed E-state index contributed by atoms with van der Waals surface area (Å²) in [5.41, 5.74) is 4.12. The van der Waals surface area contributed by atoms with Crippen LogP contribution < -0.4 is 15.0 Å². The highest BCUT2D eigenvalue weighted by Gasteiger charge is 2.26. The molecule has 5 rings (SSSR count). The zero-order valence-electron chi connectivity index (χ0n) is 17.1. The molecule has 1 amide bonds. The van der Waals surface area contributed by atoms with Gasteiger partial charge in [-0.05, 0) is 37.3 Å². The molecular formula is C22H23ClN6O2. The van der Waals surface area contributed by atoms with Crippen molar-refractivity contribution < 1.29 is 9.53 Å². The molecule has 0 bridgehead atoms. The van der Waals surface area contributed by atoms with Crippen molar-refractivity contribution in [2.75, 3.05) is 24.5 Å². The Kier molecular flexibility index (Phi) is 5.25. The van der Waals surface area contributed by atoms with E-state index < -0.39 is 6.09 Å². The van der Waals surface area contributed by atoms with Crippen LogP contribution in [0.3, 0.4) is 0 Å². The second kappa shape index (κ2) is 8.20. The number of pyridine rings is 1. The van der Waals surface area contributed by atoms with E-state index in [0.717, 1.165) is 54.4 Å². The van der Waals surface area contributed by atoms with E-state index in [1.54, 1.807) is 6.20 Å². The number of carbonyl (C=O) groups is 1. The van der Waals surface area contributed by atoms with Gasteiger partial charge in [0.05, 0.1) is 16.9 Å². The summed E-state index contributed by atoms with van der Waals surface area (Å²) in [5.74, 6) is 1.57. The lowest BCUT2D eigenvalue weighted by atomic mass is 10.0. The Morgan fingerprint density at radius 3 is 2.94 bits per heavy atom. The van der Waals surface area contributed by atoms with E-state index in [2.05, 4.69) is 37.2 Å². The summed E-state index contributed by atoms with van der Waals surface area (Å²) in [4.78, 5) is 20.6. The van der Waals surface area contributed by atoms with Gasteiger partial charge in [-0.25, -0.2) is 9.78 Å². The Labute approximate surface area is 185 Å². The van der Waals surface area contributed by atoms with Gasteiger partial charge in [0, 0.05) is 61.7 Å². The average molecular weight is 439 g/mol. The van der Waals surface area contributed by atoms with Gasteiger partial charge in [0.2, 0.25) is 0 Å². The highest BCUT2D eigenvalue weighted by molar-refractivity contribution is 6.30. The van der Waals surface area contributed by atoms with Crippen LogP contribution in [0.15, 0.2) is 42.7 Å². The van der Waals surface area contributed by atoms with Crippen molar-refractivity contribution in [1.29, 1.82) is 0 Å². The zero-order chi connectivity index (χ0) is 21.4. The standard InChI is InChI=1S/C22H23ClN6O2/c1-14-12-28(6-7-29(14)20-5-3-18(23)11-24-20)13-17-10-26-27-21(17)15-2-4-19-16(8-15)9-25-22(30)31-19/h2-5,8,10-11,14H,6-7,9,12-13H2,1H3,(H,25,30)(H,26,27). The molecule has 2 aliphatic heterocycles. The number of halogens is 1. The summed E-state index contributed by atoms with van der Waals surface area (Å²) >= 11 is 5.98. The number of H-pyrrole nitrogens is 1. The molecule has 3 aromatic rings. The fourth-order valence-corrected chi connectivity index (χ4v) is 4.36. The first-order valence-corrected chi connectivity index (χ1v) is 10.7. The highest BCUT2D eigenvalue weighted by Crippen LogP contribution is 2.30. The fourth-order valence-electron chi connectivity index (χ4n) is 4.25. The minimum Gasteiger partial charge on any atom is -0.410 e. The van der Waals surface area contributed by atoms with E-state index in [1.807, 2.05) is 36.5 Å². The van der Waals surface area contributed by atoms with Crippen molar-refractivity contribution in [1.82, 2.24) is 25.4 Å². The molecule has 0 spiro atoms. The molecule has 9 heteroatoms. The van der Waals surface area contributed by atoms with Crippen LogP contribution in [0.4, 0.5) is 10.6 Å². The number of anilines is 1. The summed E-state index contributed by atoms with van der Waals surface area (Å²) in [5, 5.41) is 10.8. The van der Waals surface area contributed by atoms with Crippen LogP contribution >= 0.6 is 11.6 Å². The summed E-state index contributed by atoms with van der Waals surface area (Å²) in [7, 11) is 0. The average Bonchev–Trinajstić information content (AvgIpc) is 3.22. The molecule has 1 saturated heterocycles. The van der Waals surface area contributed by atoms with Crippen LogP contribution in [-0.4, -0.2) is 51.9 Å². The molecule has 8 nitrogen and oxygen atoms in total. The van der Waals surface area contributed by atoms with E-state index in [9.17, 15) is 4.79 Å². The second-order valence-electron chi connectivity index (χ2n) is 7.95. The quantitative estimate of drug-likeness (QED) is 0.649. The van der Waals surface area contributed by atoms with Crippen molar-refractivity contribution in [3.63, 3.8) is 0 Å². The number of hydrogen-bond donors (Lipinski definition) is 2. The van der Waals surface area contributed by atoms with Crippen LogP contribution in [0, 0.1) is 0 Å². The molecule has 0 saturated carbocycles. The number of ether oxygens (including phenoxy) is 1. The smallest absolute Gasteiger partial charge is 0.410 e.